The van der Waals surface area contributed by atoms with Gasteiger partial charge in [0.2, 0.25) is 0 Å². The Morgan fingerprint density at radius 1 is 1.32 bits per heavy atom. The Hall–Kier alpha value is -2.43. The van der Waals surface area contributed by atoms with Crippen molar-refractivity contribution < 1.29 is 5.11 Å². The minimum atomic E-state index is -0.584. The third-order valence-corrected chi connectivity index (χ3v) is 4.52. The number of nitriles is 1. The first-order valence-electron chi connectivity index (χ1n) is 8.41. The summed E-state index contributed by atoms with van der Waals surface area (Å²) in [5.41, 5.74) is 4.15. The summed E-state index contributed by atoms with van der Waals surface area (Å²) in [7, 11) is 3.87. The summed E-state index contributed by atoms with van der Waals surface area (Å²) < 4.78 is 1.97. The molecule has 1 atom stereocenters. The molecule has 0 spiro atoms. The van der Waals surface area contributed by atoms with E-state index in [-0.39, 0.29) is 0 Å². The van der Waals surface area contributed by atoms with Crippen LogP contribution in [0.4, 0.5) is 5.82 Å². The van der Waals surface area contributed by atoms with Crippen molar-refractivity contribution >= 4 is 5.82 Å². The number of aromatic nitrogens is 3. The quantitative estimate of drug-likeness (QED) is 0.906. The van der Waals surface area contributed by atoms with Gasteiger partial charge in [-0.2, -0.15) is 10.4 Å². The predicted octanol–water partition coefficient (Wildman–Crippen LogP) is 1.38. The van der Waals surface area contributed by atoms with E-state index >= 15 is 0 Å². The van der Waals surface area contributed by atoms with Gasteiger partial charge >= 0.3 is 0 Å². The van der Waals surface area contributed by atoms with Gasteiger partial charge in [0.15, 0.2) is 0 Å². The van der Waals surface area contributed by atoms with Crippen molar-refractivity contribution in [3.05, 3.63) is 40.3 Å². The van der Waals surface area contributed by atoms with Gasteiger partial charge in [0.05, 0.1) is 35.7 Å². The van der Waals surface area contributed by atoms with E-state index in [4.69, 9.17) is 0 Å². The summed E-state index contributed by atoms with van der Waals surface area (Å²) in [6.45, 7) is 6.62. The summed E-state index contributed by atoms with van der Waals surface area (Å²) in [4.78, 5) is 8.74. The fourth-order valence-corrected chi connectivity index (χ4v) is 3.23. The molecule has 0 fully saturated rings. The van der Waals surface area contributed by atoms with Gasteiger partial charge in [-0.15, -0.1) is 0 Å². The second-order valence-corrected chi connectivity index (χ2v) is 6.85. The van der Waals surface area contributed by atoms with Gasteiger partial charge in [-0.3, -0.25) is 4.68 Å². The molecule has 0 amide bonds. The first-order chi connectivity index (χ1) is 11.9. The van der Waals surface area contributed by atoms with Gasteiger partial charge < -0.3 is 14.9 Å². The number of hydrogen-bond donors (Lipinski definition) is 1. The molecule has 1 aliphatic rings. The molecule has 132 valence electrons. The van der Waals surface area contributed by atoms with E-state index in [1.807, 2.05) is 49.7 Å². The van der Waals surface area contributed by atoms with Crippen molar-refractivity contribution in [3.8, 4) is 6.07 Å². The first kappa shape index (κ1) is 17.4. The highest BCUT2D eigenvalue weighted by molar-refractivity contribution is 5.50. The minimum Gasteiger partial charge on any atom is -0.385 e. The van der Waals surface area contributed by atoms with Crippen molar-refractivity contribution in [2.45, 2.75) is 33.0 Å². The highest BCUT2D eigenvalue weighted by Gasteiger charge is 2.23. The monoisotopic (exact) mass is 340 g/mol. The molecule has 2 aromatic rings. The Balaban J connectivity index is 1.82. The zero-order chi connectivity index (χ0) is 18.1. The Labute approximate surface area is 148 Å². The van der Waals surface area contributed by atoms with E-state index in [1.165, 1.54) is 0 Å². The van der Waals surface area contributed by atoms with Crippen molar-refractivity contribution in [1.29, 1.82) is 5.26 Å². The Kier molecular flexibility index (Phi) is 4.75. The van der Waals surface area contributed by atoms with Crippen LogP contribution in [-0.4, -0.2) is 52.0 Å². The number of pyridine rings is 1. The van der Waals surface area contributed by atoms with E-state index in [1.54, 1.807) is 0 Å². The van der Waals surface area contributed by atoms with Gasteiger partial charge in [0.25, 0.3) is 0 Å². The maximum Gasteiger partial charge on any atom is 0.129 e. The maximum atomic E-state index is 10.3. The van der Waals surface area contributed by atoms with Crippen molar-refractivity contribution in [3.63, 3.8) is 0 Å². The summed E-state index contributed by atoms with van der Waals surface area (Å²) >= 11 is 0. The minimum absolute atomic E-state index is 0.551. The van der Waals surface area contributed by atoms with Crippen LogP contribution >= 0.6 is 0 Å². The first-order valence-corrected chi connectivity index (χ1v) is 8.41. The lowest BCUT2D eigenvalue weighted by molar-refractivity contribution is 0.133. The number of aliphatic hydroxyl groups is 1. The van der Waals surface area contributed by atoms with Gasteiger partial charge in [-0.05, 0) is 45.6 Å². The average Bonchev–Trinajstić information content (AvgIpc) is 2.97. The van der Waals surface area contributed by atoms with Gasteiger partial charge in [0.1, 0.15) is 18.0 Å². The zero-order valence-corrected chi connectivity index (χ0v) is 15.2. The molecule has 2 aromatic heterocycles. The fraction of sp³-hybridized carbons (Fsp3) is 0.500. The number of fused-ring (bicyclic) bond motifs is 1. The van der Waals surface area contributed by atoms with Crippen LogP contribution in [0.3, 0.4) is 0 Å². The van der Waals surface area contributed by atoms with Crippen molar-refractivity contribution in [2.24, 2.45) is 0 Å². The van der Waals surface area contributed by atoms with Crippen LogP contribution in [0.25, 0.3) is 0 Å². The Morgan fingerprint density at radius 3 is 2.72 bits per heavy atom. The highest BCUT2D eigenvalue weighted by Crippen LogP contribution is 2.24. The second kappa shape index (κ2) is 6.82. The molecule has 1 N–H and O–H groups in total. The van der Waals surface area contributed by atoms with E-state index in [0.717, 1.165) is 35.9 Å². The normalized spacial score (nSPS) is 15.2. The smallest absolute Gasteiger partial charge is 0.129 e. The molecular formula is C18H24N6O. The molecule has 1 aliphatic heterocycles. The molecule has 0 aliphatic carbocycles. The van der Waals surface area contributed by atoms with E-state index in [0.29, 0.717) is 24.3 Å². The predicted molar refractivity (Wildman–Crippen MR) is 95.2 cm³/mol. The summed E-state index contributed by atoms with van der Waals surface area (Å²) in [6.07, 6.45) is -0.584. The number of aliphatic hydroxyl groups excluding tert-OH is 1. The van der Waals surface area contributed by atoms with Gasteiger partial charge in [-0.1, -0.05) is 0 Å². The SMILES string of the molecule is Cc1cc(N2CCn3nc([C@H](O)CN(C)C)cc3C2)nc(C)c1C#N. The van der Waals surface area contributed by atoms with Crippen LogP contribution in [-0.2, 0) is 13.1 Å². The van der Waals surface area contributed by atoms with Crippen LogP contribution in [0.2, 0.25) is 0 Å². The molecule has 0 unspecified atom stereocenters. The van der Waals surface area contributed by atoms with Crippen molar-refractivity contribution in [1.82, 2.24) is 19.7 Å². The van der Waals surface area contributed by atoms with Crippen LogP contribution in [0.1, 0.15) is 34.3 Å². The lowest BCUT2D eigenvalue weighted by atomic mass is 10.1. The molecule has 0 radical (unpaired) electrons. The van der Waals surface area contributed by atoms with E-state index in [9.17, 15) is 10.4 Å². The van der Waals surface area contributed by atoms with Crippen LogP contribution < -0.4 is 4.90 Å². The molecule has 7 nitrogen and oxygen atoms in total. The lowest BCUT2D eigenvalue weighted by Crippen LogP contribution is -2.34. The fourth-order valence-electron chi connectivity index (χ4n) is 3.23. The molecule has 25 heavy (non-hydrogen) atoms. The van der Waals surface area contributed by atoms with E-state index < -0.39 is 6.10 Å². The third-order valence-electron chi connectivity index (χ3n) is 4.52. The lowest BCUT2D eigenvalue weighted by Gasteiger charge is -2.29. The summed E-state index contributed by atoms with van der Waals surface area (Å²) in [5.74, 6) is 0.886. The standard InChI is InChI=1S/C18H24N6O/c1-12-7-18(20-13(2)15(12)9-19)23-5-6-24-14(10-23)8-16(21-24)17(25)11-22(3)4/h7-8,17,25H,5-6,10-11H2,1-4H3/t17-/m1/s1. The molecule has 0 saturated heterocycles. The average molecular weight is 340 g/mol. The van der Waals surface area contributed by atoms with Crippen molar-refractivity contribution in [2.75, 3.05) is 32.1 Å². The summed E-state index contributed by atoms with van der Waals surface area (Å²) in [5, 5.41) is 24.0. The van der Waals surface area contributed by atoms with Crippen LogP contribution in [0, 0.1) is 25.2 Å². The molecule has 3 heterocycles. The topological polar surface area (TPSA) is 81.2 Å². The summed E-state index contributed by atoms with van der Waals surface area (Å²) in [6, 6.07) is 6.16. The number of nitrogens with zero attached hydrogens (tertiary/aromatic N) is 6. The largest absolute Gasteiger partial charge is 0.385 e. The Morgan fingerprint density at radius 2 is 2.08 bits per heavy atom. The molecular weight excluding hydrogens is 316 g/mol. The molecule has 0 saturated carbocycles. The second-order valence-electron chi connectivity index (χ2n) is 6.85. The number of anilines is 1. The Bertz CT molecular complexity index is 796. The van der Waals surface area contributed by atoms with Crippen LogP contribution in [0.15, 0.2) is 12.1 Å². The molecule has 0 aromatic carbocycles. The highest BCUT2D eigenvalue weighted by atomic mass is 16.3. The maximum absolute atomic E-state index is 10.3. The number of rotatable bonds is 4. The zero-order valence-electron chi connectivity index (χ0n) is 15.2. The number of aryl methyl sites for hydroxylation is 2. The van der Waals surface area contributed by atoms with Gasteiger partial charge in [0, 0.05) is 13.1 Å². The third kappa shape index (κ3) is 3.50. The van der Waals surface area contributed by atoms with E-state index in [2.05, 4.69) is 21.1 Å². The molecule has 7 heteroatoms. The van der Waals surface area contributed by atoms with Gasteiger partial charge in [-0.25, -0.2) is 4.98 Å². The number of likely N-dealkylation sites (N-methyl/N-ethyl adjacent to an activating group) is 1. The van der Waals surface area contributed by atoms with Crippen LogP contribution in [0.5, 0.6) is 0 Å². The molecule has 3 rings (SSSR count). The number of hydrogen-bond acceptors (Lipinski definition) is 6. The molecule has 0 bridgehead atoms.